The lowest BCUT2D eigenvalue weighted by Crippen LogP contribution is -2.33. The van der Waals surface area contributed by atoms with E-state index in [4.69, 9.17) is 27.9 Å². The van der Waals surface area contributed by atoms with Gasteiger partial charge in [0, 0.05) is 23.1 Å². The number of morpholine rings is 1. The first kappa shape index (κ1) is 15.8. The summed E-state index contributed by atoms with van der Waals surface area (Å²) in [5, 5.41) is 4.84. The van der Waals surface area contributed by atoms with Crippen molar-refractivity contribution < 1.29 is 4.74 Å². The van der Waals surface area contributed by atoms with Gasteiger partial charge in [-0.05, 0) is 41.7 Å². The van der Waals surface area contributed by atoms with Crippen molar-refractivity contribution in [2.45, 2.75) is 18.9 Å². The van der Waals surface area contributed by atoms with Crippen LogP contribution in [0.4, 0.5) is 0 Å². The second-order valence-electron chi connectivity index (χ2n) is 5.51. The molecule has 0 amide bonds. The summed E-state index contributed by atoms with van der Waals surface area (Å²) in [7, 11) is 0. The van der Waals surface area contributed by atoms with Gasteiger partial charge in [-0.15, -0.1) is 0 Å². The van der Waals surface area contributed by atoms with E-state index in [0.29, 0.717) is 0 Å². The van der Waals surface area contributed by atoms with Gasteiger partial charge in [-0.2, -0.15) is 0 Å². The Balaban J connectivity index is 1.64. The monoisotopic (exact) mass is 335 g/mol. The van der Waals surface area contributed by atoms with Gasteiger partial charge in [0.2, 0.25) is 0 Å². The lowest BCUT2D eigenvalue weighted by atomic mass is 10.0. The zero-order valence-electron chi connectivity index (χ0n) is 12.3. The first-order valence-electron chi connectivity index (χ1n) is 7.58. The fourth-order valence-corrected chi connectivity index (χ4v) is 3.31. The minimum absolute atomic E-state index is 0.167. The van der Waals surface area contributed by atoms with Crippen molar-refractivity contribution in [1.82, 2.24) is 5.32 Å². The standard InChI is InChI=1S/C18H19Cl2NO/c19-16-2-1-3-17(20)15(16)9-6-13-4-7-14(8-5-13)18-12-21-10-11-22-18/h1-5,7-8,18,21H,6,9-12H2. The Morgan fingerprint density at radius 3 is 2.36 bits per heavy atom. The molecule has 116 valence electrons. The van der Waals surface area contributed by atoms with Gasteiger partial charge in [0.25, 0.3) is 0 Å². The molecular formula is C18H19Cl2NO. The molecule has 2 aromatic rings. The second kappa shape index (κ2) is 7.47. The Hall–Kier alpha value is -1.06. The van der Waals surface area contributed by atoms with Crippen LogP contribution in [-0.2, 0) is 17.6 Å². The first-order chi connectivity index (χ1) is 10.7. The predicted octanol–water partition coefficient (Wildman–Crippen LogP) is 4.44. The number of benzene rings is 2. The average molecular weight is 336 g/mol. The molecule has 1 fully saturated rings. The van der Waals surface area contributed by atoms with Crippen LogP contribution >= 0.6 is 23.2 Å². The van der Waals surface area contributed by atoms with Crippen LogP contribution in [0.1, 0.15) is 22.8 Å². The van der Waals surface area contributed by atoms with Gasteiger partial charge in [-0.25, -0.2) is 0 Å². The fraction of sp³-hybridized carbons (Fsp3) is 0.333. The lowest BCUT2D eigenvalue weighted by molar-refractivity contribution is 0.0277. The summed E-state index contributed by atoms with van der Waals surface area (Å²) in [6.45, 7) is 2.60. The van der Waals surface area contributed by atoms with Crippen LogP contribution in [0.2, 0.25) is 10.0 Å². The van der Waals surface area contributed by atoms with E-state index in [2.05, 4.69) is 29.6 Å². The van der Waals surface area contributed by atoms with Crippen molar-refractivity contribution in [2.75, 3.05) is 19.7 Å². The van der Waals surface area contributed by atoms with Crippen molar-refractivity contribution >= 4 is 23.2 Å². The summed E-state index contributed by atoms with van der Waals surface area (Å²) < 4.78 is 5.77. The number of rotatable bonds is 4. The topological polar surface area (TPSA) is 21.3 Å². The number of hydrogen-bond donors (Lipinski definition) is 1. The van der Waals surface area contributed by atoms with E-state index < -0.39 is 0 Å². The molecule has 1 saturated heterocycles. The summed E-state index contributed by atoms with van der Waals surface area (Å²) in [5.41, 5.74) is 3.53. The molecule has 1 aliphatic heterocycles. The fourth-order valence-electron chi connectivity index (χ4n) is 2.72. The third-order valence-electron chi connectivity index (χ3n) is 4.00. The van der Waals surface area contributed by atoms with E-state index in [1.807, 2.05) is 18.2 Å². The van der Waals surface area contributed by atoms with Crippen LogP contribution in [0.25, 0.3) is 0 Å². The van der Waals surface area contributed by atoms with Crippen LogP contribution in [0, 0.1) is 0 Å². The van der Waals surface area contributed by atoms with Crippen LogP contribution in [0.3, 0.4) is 0 Å². The SMILES string of the molecule is Clc1cccc(Cl)c1CCc1ccc(C2CNCCO2)cc1. The normalized spacial score (nSPS) is 18.4. The third-order valence-corrected chi connectivity index (χ3v) is 4.71. The quantitative estimate of drug-likeness (QED) is 0.891. The van der Waals surface area contributed by atoms with Crippen molar-refractivity contribution in [2.24, 2.45) is 0 Å². The molecule has 0 bridgehead atoms. The minimum Gasteiger partial charge on any atom is -0.371 e. The van der Waals surface area contributed by atoms with E-state index in [9.17, 15) is 0 Å². The lowest BCUT2D eigenvalue weighted by Gasteiger charge is -2.24. The van der Waals surface area contributed by atoms with Gasteiger partial charge in [0.1, 0.15) is 0 Å². The minimum atomic E-state index is 0.167. The van der Waals surface area contributed by atoms with Crippen molar-refractivity contribution in [1.29, 1.82) is 0 Å². The molecule has 2 aromatic carbocycles. The Labute approximate surface area is 141 Å². The van der Waals surface area contributed by atoms with Crippen molar-refractivity contribution in [3.8, 4) is 0 Å². The van der Waals surface area contributed by atoms with E-state index in [1.165, 1.54) is 11.1 Å². The summed E-state index contributed by atoms with van der Waals surface area (Å²) in [6, 6.07) is 14.3. The van der Waals surface area contributed by atoms with Crippen LogP contribution in [0.5, 0.6) is 0 Å². The van der Waals surface area contributed by atoms with Gasteiger partial charge in [0.15, 0.2) is 0 Å². The van der Waals surface area contributed by atoms with Crippen LogP contribution in [-0.4, -0.2) is 19.7 Å². The van der Waals surface area contributed by atoms with Gasteiger partial charge in [0.05, 0.1) is 12.7 Å². The number of hydrogen-bond acceptors (Lipinski definition) is 2. The maximum atomic E-state index is 6.21. The smallest absolute Gasteiger partial charge is 0.0949 e. The van der Waals surface area contributed by atoms with Gasteiger partial charge in [-0.1, -0.05) is 53.5 Å². The van der Waals surface area contributed by atoms with E-state index >= 15 is 0 Å². The number of aryl methyl sites for hydroxylation is 1. The zero-order valence-corrected chi connectivity index (χ0v) is 13.8. The summed E-state index contributed by atoms with van der Waals surface area (Å²) >= 11 is 12.4. The van der Waals surface area contributed by atoms with E-state index in [1.54, 1.807) is 0 Å². The molecule has 2 nitrogen and oxygen atoms in total. The molecule has 0 aliphatic carbocycles. The molecule has 3 rings (SSSR count). The largest absolute Gasteiger partial charge is 0.371 e. The first-order valence-corrected chi connectivity index (χ1v) is 8.33. The number of halogens is 2. The third kappa shape index (κ3) is 3.82. The Morgan fingerprint density at radius 1 is 1.00 bits per heavy atom. The number of ether oxygens (including phenoxy) is 1. The van der Waals surface area contributed by atoms with E-state index in [0.717, 1.165) is 48.1 Å². The van der Waals surface area contributed by atoms with E-state index in [-0.39, 0.29) is 6.10 Å². The van der Waals surface area contributed by atoms with Gasteiger partial charge in [-0.3, -0.25) is 0 Å². The molecule has 0 spiro atoms. The molecule has 1 atom stereocenters. The summed E-state index contributed by atoms with van der Waals surface area (Å²) in [6.07, 6.45) is 1.94. The molecule has 1 N–H and O–H groups in total. The molecule has 0 saturated carbocycles. The van der Waals surface area contributed by atoms with Gasteiger partial charge >= 0.3 is 0 Å². The maximum Gasteiger partial charge on any atom is 0.0949 e. The van der Waals surface area contributed by atoms with Crippen LogP contribution < -0.4 is 5.32 Å². The zero-order chi connectivity index (χ0) is 15.4. The molecule has 4 heteroatoms. The number of nitrogens with one attached hydrogen (secondary N) is 1. The Bertz CT molecular complexity index is 601. The van der Waals surface area contributed by atoms with Gasteiger partial charge < -0.3 is 10.1 Å². The Morgan fingerprint density at radius 2 is 1.73 bits per heavy atom. The highest BCUT2D eigenvalue weighted by molar-refractivity contribution is 6.35. The highest BCUT2D eigenvalue weighted by Gasteiger charge is 2.15. The van der Waals surface area contributed by atoms with Crippen molar-refractivity contribution in [3.05, 3.63) is 69.2 Å². The Kier molecular flexibility index (Phi) is 5.37. The average Bonchev–Trinajstić information content (AvgIpc) is 2.56. The molecule has 22 heavy (non-hydrogen) atoms. The summed E-state index contributed by atoms with van der Waals surface area (Å²) in [4.78, 5) is 0. The molecule has 0 aromatic heterocycles. The maximum absolute atomic E-state index is 6.21. The molecule has 1 unspecified atom stereocenters. The summed E-state index contributed by atoms with van der Waals surface area (Å²) in [5.74, 6) is 0. The molecule has 1 heterocycles. The molecule has 1 aliphatic rings. The highest BCUT2D eigenvalue weighted by Crippen LogP contribution is 2.26. The second-order valence-corrected chi connectivity index (χ2v) is 6.32. The molecular weight excluding hydrogens is 317 g/mol. The van der Waals surface area contributed by atoms with Crippen LogP contribution in [0.15, 0.2) is 42.5 Å². The molecule has 0 radical (unpaired) electrons. The van der Waals surface area contributed by atoms with Crippen molar-refractivity contribution in [3.63, 3.8) is 0 Å². The highest BCUT2D eigenvalue weighted by atomic mass is 35.5. The predicted molar refractivity (Wildman–Crippen MR) is 91.9 cm³/mol.